The summed E-state index contributed by atoms with van der Waals surface area (Å²) in [5.74, 6) is -1.86. The Bertz CT molecular complexity index is 1720. The zero-order chi connectivity index (χ0) is 29.4. The zero-order valence-corrected chi connectivity index (χ0v) is 22.4. The van der Waals surface area contributed by atoms with Crippen molar-refractivity contribution in [2.75, 3.05) is 10.6 Å². The molecule has 206 valence electrons. The summed E-state index contributed by atoms with van der Waals surface area (Å²) >= 11 is 0. The van der Waals surface area contributed by atoms with Gasteiger partial charge in [-0.05, 0) is 25.0 Å². The molecule has 0 spiro atoms. The number of anilines is 2. The summed E-state index contributed by atoms with van der Waals surface area (Å²) < 4.78 is 0. The van der Waals surface area contributed by atoms with Gasteiger partial charge >= 0.3 is 0 Å². The van der Waals surface area contributed by atoms with Crippen LogP contribution in [0.4, 0.5) is 11.4 Å². The van der Waals surface area contributed by atoms with Crippen molar-refractivity contribution in [3.8, 4) is 0 Å². The predicted molar refractivity (Wildman–Crippen MR) is 155 cm³/mol. The van der Waals surface area contributed by atoms with E-state index in [1.165, 1.54) is 0 Å². The van der Waals surface area contributed by atoms with Gasteiger partial charge in [-0.15, -0.1) is 0 Å². The van der Waals surface area contributed by atoms with E-state index in [9.17, 15) is 28.8 Å². The number of carbonyl (C=O) groups excluding carboxylic acids is 6. The van der Waals surface area contributed by atoms with Crippen molar-refractivity contribution >= 4 is 46.3 Å². The molecule has 8 nitrogen and oxygen atoms in total. The lowest BCUT2D eigenvalue weighted by molar-refractivity contribution is -0.118. The highest BCUT2D eigenvalue weighted by molar-refractivity contribution is 6.31. The lowest BCUT2D eigenvalue weighted by Gasteiger charge is -2.20. The van der Waals surface area contributed by atoms with Crippen LogP contribution in [0.25, 0.3) is 0 Å². The van der Waals surface area contributed by atoms with Gasteiger partial charge < -0.3 is 10.6 Å². The Morgan fingerprint density at radius 1 is 0.429 bits per heavy atom. The number of carbonyl (C=O) groups is 6. The number of ketones is 4. The van der Waals surface area contributed by atoms with Gasteiger partial charge in [0.05, 0.1) is 22.5 Å². The Kier molecular flexibility index (Phi) is 6.88. The minimum atomic E-state index is -0.345. The Labute approximate surface area is 240 Å². The molecule has 0 bridgehead atoms. The van der Waals surface area contributed by atoms with Crippen molar-refractivity contribution in [1.82, 2.24) is 0 Å². The summed E-state index contributed by atoms with van der Waals surface area (Å²) in [5.41, 5.74) is 2.69. The van der Waals surface area contributed by atoms with Crippen molar-refractivity contribution in [2.45, 2.75) is 25.7 Å². The smallest absolute Gasteiger partial charge is 0.224 e. The van der Waals surface area contributed by atoms with Crippen LogP contribution >= 0.6 is 0 Å². The number of hydrogen-bond donors (Lipinski definition) is 2. The average Bonchev–Trinajstić information content (AvgIpc) is 3.00. The zero-order valence-electron chi connectivity index (χ0n) is 22.4. The van der Waals surface area contributed by atoms with Crippen LogP contribution in [0.2, 0.25) is 0 Å². The molecule has 2 aliphatic carbocycles. The van der Waals surface area contributed by atoms with Crippen molar-refractivity contribution in [3.05, 3.63) is 129 Å². The second-order valence-electron chi connectivity index (χ2n) is 10.2. The number of hydrogen-bond acceptors (Lipinski definition) is 6. The molecule has 2 aliphatic rings. The van der Waals surface area contributed by atoms with E-state index in [-0.39, 0.29) is 81.4 Å². The summed E-state index contributed by atoms with van der Waals surface area (Å²) in [6, 6.07) is 22.8. The molecule has 0 saturated heterocycles. The van der Waals surface area contributed by atoms with E-state index in [2.05, 4.69) is 10.6 Å². The molecule has 0 heterocycles. The molecule has 42 heavy (non-hydrogen) atoms. The second-order valence-corrected chi connectivity index (χ2v) is 10.2. The SMILES string of the molecule is O=C(CCCCC(=O)Nc1cccc2c1C(=O)c1ccccc1C2=O)Nc1cccc2c1C(=O)c1ccccc1C2=O. The fraction of sp³-hybridized carbons (Fsp3) is 0.118. The fourth-order valence-electron chi connectivity index (χ4n) is 5.49. The van der Waals surface area contributed by atoms with Crippen molar-refractivity contribution in [2.24, 2.45) is 0 Å². The van der Waals surface area contributed by atoms with E-state index in [4.69, 9.17) is 0 Å². The van der Waals surface area contributed by atoms with E-state index in [0.717, 1.165) is 0 Å². The summed E-state index contributed by atoms with van der Waals surface area (Å²) in [4.78, 5) is 77.6. The summed E-state index contributed by atoms with van der Waals surface area (Å²) in [6.07, 6.45) is 0.976. The first-order chi connectivity index (χ1) is 20.3. The van der Waals surface area contributed by atoms with Gasteiger partial charge in [0.1, 0.15) is 0 Å². The number of benzene rings is 4. The van der Waals surface area contributed by atoms with Crippen LogP contribution in [0, 0.1) is 0 Å². The van der Waals surface area contributed by atoms with E-state index in [0.29, 0.717) is 35.1 Å². The van der Waals surface area contributed by atoms with Crippen molar-refractivity contribution in [3.63, 3.8) is 0 Å². The van der Waals surface area contributed by atoms with Crippen molar-refractivity contribution < 1.29 is 28.8 Å². The Morgan fingerprint density at radius 2 is 0.762 bits per heavy atom. The third-order valence-electron chi connectivity index (χ3n) is 7.51. The van der Waals surface area contributed by atoms with E-state index in [1.807, 2.05) is 0 Å². The molecule has 0 unspecified atom stereocenters. The first-order valence-electron chi connectivity index (χ1n) is 13.6. The minimum absolute atomic E-state index is 0.0974. The highest BCUT2D eigenvalue weighted by atomic mass is 16.2. The maximum absolute atomic E-state index is 13.1. The Balaban J connectivity index is 1.06. The van der Waals surface area contributed by atoms with Gasteiger partial charge in [-0.25, -0.2) is 0 Å². The lowest BCUT2D eigenvalue weighted by atomic mass is 9.83. The number of unbranched alkanes of at least 4 members (excludes halogenated alkanes) is 1. The summed E-state index contributed by atoms with van der Waals surface area (Å²) in [7, 11) is 0. The molecule has 6 rings (SSSR count). The molecule has 2 N–H and O–H groups in total. The third-order valence-corrected chi connectivity index (χ3v) is 7.51. The second kappa shape index (κ2) is 10.8. The predicted octanol–water partition coefficient (Wildman–Crippen LogP) is 5.38. The topological polar surface area (TPSA) is 126 Å². The van der Waals surface area contributed by atoms with Crippen molar-refractivity contribution in [1.29, 1.82) is 0 Å². The molecule has 0 saturated carbocycles. The fourth-order valence-corrected chi connectivity index (χ4v) is 5.49. The normalized spacial score (nSPS) is 13.0. The molecule has 8 heteroatoms. The van der Waals surface area contributed by atoms with Gasteiger partial charge in [-0.2, -0.15) is 0 Å². The largest absolute Gasteiger partial charge is 0.325 e. The van der Waals surface area contributed by atoms with E-state index in [1.54, 1.807) is 84.9 Å². The molecule has 0 atom stereocenters. The lowest BCUT2D eigenvalue weighted by Crippen LogP contribution is -2.24. The molecule has 0 aromatic heterocycles. The molecule has 0 radical (unpaired) electrons. The van der Waals surface area contributed by atoms with Crippen LogP contribution in [0.5, 0.6) is 0 Å². The molecule has 0 aliphatic heterocycles. The highest BCUT2D eigenvalue weighted by Crippen LogP contribution is 2.33. The first-order valence-corrected chi connectivity index (χ1v) is 13.6. The summed E-state index contributed by atoms with van der Waals surface area (Å²) in [5, 5.41) is 5.50. The van der Waals surface area contributed by atoms with Gasteiger partial charge in [0.2, 0.25) is 11.8 Å². The number of nitrogens with one attached hydrogen (secondary N) is 2. The average molecular weight is 557 g/mol. The molecule has 0 fully saturated rings. The van der Waals surface area contributed by atoms with Crippen LogP contribution in [-0.4, -0.2) is 34.9 Å². The third kappa shape index (κ3) is 4.62. The molecule has 4 aromatic carbocycles. The van der Waals surface area contributed by atoms with E-state index < -0.39 is 0 Å². The Hall–Kier alpha value is -5.50. The monoisotopic (exact) mass is 556 g/mol. The maximum atomic E-state index is 13.1. The standard InChI is InChI=1S/C34H24N2O6/c37-27(35-25-15-7-13-23-29(25)33(41)21-11-3-1-9-19(21)31(23)39)17-5-6-18-28(38)36-26-16-8-14-24-30(26)34(42)22-12-4-2-10-20(22)32(24)40/h1-4,7-16H,5-6,17-18H2,(H,35,37)(H,36,38). The maximum Gasteiger partial charge on any atom is 0.224 e. The van der Waals surface area contributed by atoms with Crippen LogP contribution in [-0.2, 0) is 9.59 Å². The summed E-state index contributed by atoms with van der Waals surface area (Å²) in [6.45, 7) is 0. The van der Waals surface area contributed by atoms with Crippen LogP contribution < -0.4 is 10.6 Å². The molecular formula is C34H24N2O6. The minimum Gasteiger partial charge on any atom is -0.325 e. The Morgan fingerprint density at radius 3 is 1.14 bits per heavy atom. The number of rotatable bonds is 7. The van der Waals surface area contributed by atoms with Gasteiger partial charge in [-0.3, -0.25) is 28.8 Å². The van der Waals surface area contributed by atoms with Gasteiger partial charge in [0.15, 0.2) is 23.1 Å². The number of fused-ring (bicyclic) bond motifs is 4. The first kappa shape index (κ1) is 26.7. The van der Waals surface area contributed by atoms with Crippen LogP contribution in [0.1, 0.15) is 89.4 Å². The van der Waals surface area contributed by atoms with Gasteiger partial charge in [0, 0.05) is 46.2 Å². The van der Waals surface area contributed by atoms with Gasteiger partial charge in [0.25, 0.3) is 0 Å². The van der Waals surface area contributed by atoms with E-state index >= 15 is 0 Å². The quantitative estimate of drug-likeness (QED) is 0.255. The van der Waals surface area contributed by atoms with Gasteiger partial charge in [-0.1, -0.05) is 72.8 Å². The van der Waals surface area contributed by atoms with Crippen LogP contribution in [0.3, 0.4) is 0 Å². The molecule has 2 amide bonds. The number of amides is 2. The van der Waals surface area contributed by atoms with Crippen LogP contribution in [0.15, 0.2) is 84.9 Å². The molecular weight excluding hydrogens is 532 g/mol. The highest BCUT2D eigenvalue weighted by Gasteiger charge is 2.33. The molecule has 4 aromatic rings.